The molecule has 2 aromatic rings. The van der Waals surface area contributed by atoms with Crippen LogP contribution >= 0.6 is 11.3 Å². The summed E-state index contributed by atoms with van der Waals surface area (Å²) in [5, 5.41) is 5.82. The summed E-state index contributed by atoms with van der Waals surface area (Å²) in [4.78, 5) is 4.32. The number of aryl methyl sites for hydroxylation is 1. The van der Waals surface area contributed by atoms with Crippen molar-refractivity contribution in [3.8, 4) is 0 Å². The molecule has 0 spiro atoms. The third kappa shape index (κ3) is 2.62. The van der Waals surface area contributed by atoms with E-state index in [9.17, 15) is 0 Å². The monoisotopic (exact) mass is 258 g/mol. The van der Waals surface area contributed by atoms with Crippen molar-refractivity contribution in [2.75, 3.05) is 6.54 Å². The highest BCUT2D eigenvalue weighted by atomic mass is 32.1. The molecule has 3 heteroatoms. The number of hydrogen-bond donors (Lipinski definition) is 1. The minimum Gasteiger partial charge on any atom is -0.310 e. The van der Waals surface area contributed by atoms with E-state index in [4.69, 9.17) is 0 Å². The van der Waals surface area contributed by atoms with Crippen molar-refractivity contribution in [1.82, 2.24) is 10.3 Å². The van der Waals surface area contributed by atoms with Crippen molar-refractivity contribution in [3.63, 3.8) is 0 Å². The fraction of sp³-hybridized carbons (Fsp3) is 0.400. The first-order valence-corrected chi connectivity index (χ1v) is 7.56. The lowest BCUT2D eigenvalue weighted by molar-refractivity contribution is 0.462. The minimum atomic E-state index is 0.536. The summed E-state index contributed by atoms with van der Waals surface area (Å²) in [6, 6.07) is 9.38. The molecular weight excluding hydrogens is 240 g/mol. The number of rotatable bonds is 4. The molecule has 3 rings (SSSR count). The molecule has 0 amide bonds. The standard InChI is InChI=1S/C15H18N2S/c1-2-6-14-12(4-1)5-3-7-15(14)16-9-8-13-10-18-11-17-13/h1-2,4,6,10-11,15-16H,3,5,7-9H2. The lowest BCUT2D eigenvalue weighted by Crippen LogP contribution is -2.27. The molecule has 0 fully saturated rings. The first kappa shape index (κ1) is 11.9. The van der Waals surface area contributed by atoms with Crippen molar-refractivity contribution in [2.24, 2.45) is 0 Å². The van der Waals surface area contributed by atoms with Gasteiger partial charge in [0.15, 0.2) is 0 Å². The molecule has 1 aliphatic carbocycles. The van der Waals surface area contributed by atoms with Crippen LogP contribution in [0, 0.1) is 0 Å². The van der Waals surface area contributed by atoms with Crippen molar-refractivity contribution in [1.29, 1.82) is 0 Å². The summed E-state index contributed by atoms with van der Waals surface area (Å²) in [7, 11) is 0. The minimum absolute atomic E-state index is 0.536. The van der Waals surface area contributed by atoms with Gasteiger partial charge in [0.1, 0.15) is 0 Å². The van der Waals surface area contributed by atoms with Gasteiger partial charge in [-0.15, -0.1) is 11.3 Å². The lowest BCUT2D eigenvalue weighted by atomic mass is 9.88. The maximum Gasteiger partial charge on any atom is 0.0794 e. The van der Waals surface area contributed by atoms with Gasteiger partial charge in [-0.25, -0.2) is 4.98 Å². The number of nitrogens with zero attached hydrogens (tertiary/aromatic N) is 1. The summed E-state index contributed by atoms with van der Waals surface area (Å²) in [5.41, 5.74) is 6.14. The molecule has 2 nitrogen and oxygen atoms in total. The largest absolute Gasteiger partial charge is 0.310 e. The Bertz CT molecular complexity index is 493. The smallest absolute Gasteiger partial charge is 0.0794 e. The maximum atomic E-state index is 4.32. The average molecular weight is 258 g/mol. The van der Waals surface area contributed by atoms with E-state index in [1.54, 1.807) is 11.3 Å². The van der Waals surface area contributed by atoms with E-state index < -0.39 is 0 Å². The predicted molar refractivity (Wildman–Crippen MR) is 75.9 cm³/mol. The lowest BCUT2D eigenvalue weighted by Gasteiger charge is -2.26. The van der Waals surface area contributed by atoms with Gasteiger partial charge in [-0.05, 0) is 30.4 Å². The Kier molecular flexibility index (Phi) is 3.72. The van der Waals surface area contributed by atoms with Crippen molar-refractivity contribution >= 4 is 11.3 Å². The van der Waals surface area contributed by atoms with Crippen LogP contribution in [-0.2, 0) is 12.8 Å². The van der Waals surface area contributed by atoms with Gasteiger partial charge in [0.05, 0.1) is 11.2 Å². The molecule has 1 N–H and O–H groups in total. The highest BCUT2D eigenvalue weighted by Crippen LogP contribution is 2.29. The van der Waals surface area contributed by atoms with E-state index in [-0.39, 0.29) is 0 Å². The first-order valence-electron chi connectivity index (χ1n) is 6.62. The Morgan fingerprint density at radius 3 is 3.17 bits per heavy atom. The van der Waals surface area contributed by atoms with Crippen molar-refractivity contribution in [2.45, 2.75) is 31.7 Å². The highest BCUT2D eigenvalue weighted by molar-refractivity contribution is 7.07. The molecule has 1 aromatic carbocycles. The number of aromatic nitrogens is 1. The molecule has 1 aromatic heterocycles. The number of thiazole rings is 1. The zero-order valence-corrected chi connectivity index (χ0v) is 11.2. The second kappa shape index (κ2) is 5.63. The van der Waals surface area contributed by atoms with Gasteiger partial charge in [-0.1, -0.05) is 24.3 Å². The second-order valence-corrected chi connectivity index (χ2v) is 5.55. The molecule has 1 unspecified atom stereocenters. The number of fused-ring (bicyclic) bond motifs is 1. The van der Waals surface area contributed by atoms with E-state index in [1.807, 2.05) is 5.51 Å². The fourth-order valence-electron chi connectivity index (χ4n) is 2.70. The van der Waals surface area contributed by atoms with Crippen LogP contribution in [0.15, 0.2) is 35.2 Å². The Balaban J connectivity index is 1.60. The van der Waals surface area contributed by atoms with Crippen LogP contribution in [0.2, 0.25) is 0 Å². The van der Waals surface area contributed by atoms with E-state index in [0.29, 0.717) is 6.04 Å². The van der Waals surface area contributed by atoms with Gasteiger partial charge in [-0.2, -0.15) is 0 Å². The number of benzene rings is 1. The van der Waals surface area contributed by atoms with Crippen LogP contribution in [-0.4, -0.2) is 11.5 Å². The molecule has 1 atom stereocenters. The molecule has 1 aliphatic rings. The fourth-order valence-corrected chi connectivity index (χ4v) is 3.29. The summed E-state index contributed by atoms with van der Waals surface area (Å²) >= 11 is 1.68. The molecule has 0 saturated heterocycles. The van der Waals surface area contributed by atoms with E-state index in [1.165, 1.54) is 36.1 Å². The molecule has 0 bridgehead atoms. The van der Waals surface area contributed by atoms with E-state index >= 15 is 0 Å². The van der Waals surface area contributed by atoms with Crippen LogP contribution in [0.3, 0.4) is 0 Å². The number of hydrogen-bond acceptors (Lipinski definition) is 3. The SMILES string of the molecule is c1ccc2c(c1)CCCC2NCCc1cscn1. The third-order valence-electron chi connectivity index (χ3n) is 3.62. The van der Waals surface area contributed by atoms with Gasteiger partial charge < -0.3 is 5.32 Å². The van der Waals surface area contributed by atoms with Crippen LogP contribution in [0.5, 0.6) is 0 Å². The summed E-state index contributed by atoms with van der Waals surface area (Å²) < 4.78 is 0. The predicted octanol–water partition coefficient (Wildman–Crippen LogP) is 3.35. The van der Waals surface area contributed by atoms with Gasteiger partial charge in [0.2, 0.25) is 0 Å². The van der Waals surface area contributed by atoms with Gasteiger partial charge in [0, 0.05) is 24.4 Å². The zero-order valence-electron chi connectivity index (χ0n) is 10.4. The van der Waals surface area contributed by atoms with Crippen LogP contribution in [0.1, 0.15) is 35.7 Å². The molecule has 18 heavy (non-hydrogen) atoms. The van der Waals surface area contributed by atoms with Crippen LogP contribution < -0.4 is 5.32 Å². The number of nitrogens with one attached hydrogen (secondary N) is 1. The summed E-state index contributed by atoms with van der Waals surface area (Å²) in [6.07, 6.45) is 4.82. The maximum absolute atomic E-state index is 4.32. The van der Waals surface area contributed by atoms with Gasteiger partial charge >= 0.3 is 0 Å². The molecule has 0 aliphatic heterocycles. The molecule has 0 radical (unpaired) electrons. The third-order valence-corrected chi connectivity index (χ3v) is 4.26. The summed E-state index contributed by atoms with van der Waals surface area (Å²) in [6.45, 7) is 1.02. The Morgan fingerprint density at radius 1 is 1.33 bits per heavy atom. The van der Waals surface area contributed by atoms with E-state index in [2.05, 4.69) is 39.9 Å². The summed E-state index contributed by atoms with van der Waals surface area (Å²) in [5.74, 6) is 0. The van der Waals surface area contributed by atoms with Crippen molar-refractivity contribution in [3.05, 3.63) is 52.0 Å². The molecule has 0 saturated carbocycles. The van der Waals surface area contributed by atoms with Crippen LogP contribution in [0.4, 0.5) is 0 Å². The molecule has 94 valence electrons. The van der Waals surface area contributed by atoms with Gasteiger partial charge in [-0.3, -0.25) is 0 Å². The normalized spacial score (nSPS) is 18.6. The Hall–Kier alpha value is -1.19. The Labute approximate surface area is 112 Å². The average Bonchev–Trinajstić information content (AvgIpc) is 2.92. The zero-order chi connectivity index (χ0) is 12.2. The first-order chi connectivity index (χ1) is 8.93. The molecule has 1 heterocycles. The topological polar surface area (TPSA) is 24.9 Å². The highest BCUT2D eigenvalue weighted by Gasteiger charge is 2.18. The second-order valence-electron chi connectivity index (χ2n) is 4.83. The Morgan fingerprint density at radius 2 is 2.28 bits per heavy atom. The van der Waals surface area contributed by atoms with E-state index in [0.717, 1.165) is 13.0 Å². The van der Waals surface area contributed by atoms with Gasteiger partial charge in [0.25, 0.3) is 0 Å². The molecular formula is C15H18N2S. The quantitative estimate of drug-likeness (QED) is 0.909. The van der Waals surface area contributed by atoms with Crippen LogP contribution in [0.25, 0.3) is 0 Å². The van der Waals surface area contributed by atoms with Crippen molar-refractivity contribution < 1.29 is 0 Å².